The van der Waals surface area contributed by atoms with E-state index in [-0.39, 0.29) is 6.04 Å². The quantitative estimate of drug-likeness (QED) is 0.272. The molecule has 2 aliphatic carbocycles. The summed E-state index contributed by atoms with van der Waals surface area (Å²) in [7, 11) is 0. The number of carbonyl (C=O) groups excluding carboxylic acids is 1. The molecule has 0 radical (unpaired) electrons. The number of nitrogens with one attached hydrogen (secondary N) is 3. The fraction of sp³-hybridized carbons (Fsp3) is 0.600. The van der Waals surface area contributed by atoms with Gasteiger partial charge in [-0.3, -0.25) is 5.32 Å². The highest BCUT2D eigenvalue weighted by atomic mass is 16.7. The Morgan fingerprint density at radius 3 is 2.38 bits per heavy atom. The van der Waals surface area contributed by atoms with E-state index in [4.69, 9.17) is 30.3 Å². The Bertz CT molecular complexity index is 1330. The highest BCUT2D eigenvalue weighted by molar-refractivity contribution is 5.85. The molecule has 1 aliphatic heterocycles. The van der Waals surface area contributed by atoms with Gasteiger partial charge < -0.3 is 30.5 Å². The van der Waals surface area contributed by atoms with Crippen LogP contribution in [0.3, 0.4) is 0 Å². The van der Waals surface area contributed by atoms with Crippen molar-refractivity contribution in [1.29, 1.82) is 0 Å². The smallest absolute Gasteiger partial charge is 0.430 e. The molecule has 12 nitrogen and oxygen atoms in total. The lowest BCUT2D eigenvalue weighted by Crippen LogP contribution is -2.41. The van der Waals surface area contributed by atoms with Gasteiger partial charge in [0.25, 0.3) is 0 Å². The number of hydroxylamine groups is 2. The molecule has 226 valence electrons. The van der Waals surface area contributed by atoms with E-state index in [0.717, 1.165) is 74.1 Å². The number of imidazole rings is 1. The highest BCUT2D eigenvalue weighted by Crippen LogP contribution is 2.34. The van der Waals surface area contributed by atoms with Gasteiger partial charge in [0.1, 0.15) is 5.75 Å². The largest absolute Gasteiger partial charge is 0.494 e. The third-order valence-electron chi connectivity index (χ3n) is 8.66. The molecule has 1 saturated heterocycles. The van der Waals surface area contributed by atoms with Gasteiger partial charge in [0.15, 0.2) is 17.0 Å². The molecule has 3 heterocycles. The van der Waals surface area contributed by atoms with Crippen LogP contribution in [0.2, 0.25) is 0 Å². The van der Waals surface area contributed by atoms with Crippen LogP contribution in [0.5, 0.6) is 5.75 Å². The molecule has 0 unspecified atom stereocenters. The highest BCUT2D eigenvalue weighted by Gasteiger charge is 2.27. The van der Waals surface area contributed by atoms with Crippen LogP contribution in [-0.4, -0.2) is 68.5 Å². The topological polar surface area (TPSA) is 144 Å². The molecule has 1 amide bonds. The van der Waals surface area contributed by atoms with Crippen LogP contribution < -0.4 is 26.4 Å². The van der Waals surface area contributed by atoms with Gasteiger partial charge in [-0.25, -0.2) is 9.78 Å². The van der Waals surface area contributed by atoms with Crippen molar-refractivity contribution in [3.05, 3.63) is 30.6 Å². The second kappa shape index (κ2) is 13.1. The van der Waals surface area contributed by atoms with Crippen molar-refractivity contribution in [2.45, 2.75) is 95.3 Å². The van der Waals surface area contributed by atoms with E-state index in [1.165, 1.54) is 12.8 Å². The minimum atomic E-state index is -0.500. The second-order valence-electron chi connectivity index (χ2n) is 11.7. The Balaban J connectivity index is 1.09. The molecule has 6 rings (SSSR count). The molecule has 3 aliphatic rings. The van der Waals surface area contributed by atoms with Gasteiger partial charge in [-0.15, -0.1) is 5.06 Å². The number of hydrogen-bond acceptors (Lipinski definition) is 10. The first-order chi connectivity index (χ1) is 20.5. The summed E-state index contributed by atoms with van der Waals surface area (Å²) in [4.78, 5) is 32.7. The normalized spacial score (nSPS) is 22.2. The molecule has 0 bridgehead atoms. The zero-order chi connectivity index (χ0) is 28.9. The first-order valence-electron chi connectivity index (χ1n) is 15.5. The molecule has 42 heavy (non-hydrogen) atoms. The molecule has 3 aromatic rings. The first-order valence-corrected chi connectivity index (χ1v) is 15.5. The third-order valence-corrected chi connectivity index (χ3v) is 8.66. The number of fused-ring (bicyclic) bond motifs is 1. The molecule has 0 atom stereocenters. The van der Waals surface area contributed by atoms with Crippen LogP contribution in [0.1, 0.15) is 77.2 Å². The maximum Gasteiger partial charge on any atom is 0.430 e. The van der Waals surface area contributed by atoms with E-state index < -0.39 is 6.09 Å². The lowest BCUT2D eigenvalue weighted by atomic mass is 9.92. The number of benzene rings is 1. The van der Waals surface area contributed by atoms with Crippen molar-refractivity contribution in [2.24, 2.45) is 5.73 Å². The van der Waals surface area contributed by atoms with E-state index in [1.807, 2.05) is 25.4 Å². The van der Waals surface area contributed by atoms with Crippen LogP contribution >= 0.6 is 0 Å². The van der Waals surface area contributed by atoms with E-state index >= 15 is 0 Å². The van der Waals surface area contributed by atoms with Gasteiger partial charge in [0.05, 0.1) is 12.9 Å². The molecule has 2 aromatic heterocycles. The molecule has 1 aromatic carbocycles. The van der Waals surface area contributed by atoms with Gasteiger partial charge in [-0.1, -0.05) is 12.8 Å². The number of piperidine rings is 1. The van der Waals surface area contributed by atoms with Gasteiger partial charge in [0, 0.05) is 42.9 Å². The molecule has 12 heteroatoms. The summed E-state index contributed by atoms with van der Waals surface area (Å²) in [6.45, 7) is 3.77. The summed E-state index contributed by atoms with van der Waals surface area (Å²) in [5, 5.41) is 11.8. The molecule has 5 N–H and O–H groups in total. The van der Waals surface area contributed by atoms with Gasteiger partial charge in [-0.05, 0) is 82.6 Å². The van der Waals surface area contributed by atoms with E-state index in [9.17, 15) is 4.79 Å². The SMILES string of the molecule is CCOc1ccc(NC(=O)ON2CCC(Nc3nc(N[C@H]4CC[C@H](N)CC4)nc4c3ncn4C3CCCC3)CC2)cc1. The average molecular weight is 578 g/mol. The van der Waals surface area contributed by atoms with Crippen molar-refractivity contribution >= 4 is 34.7 Å². The Hall–Kier alpha value is -3.64. The minimum Gasteiger partial charge on any atom is -0.494 e. The number of nitrogens with zero attached hydrogens (tertiary/aromatic N) is 5. The van der Waals surface area contributed by atoms with E-state index in [2.05, 4.69) is 20.5 Å². The Morgan fingerprint density at radius 1 is 0.952 bits per heavy atom. The maximum atomic E-state index is 12.5. The number of hydrogen-bond donors (Lipinski definition) is 4. The first kappa shape index (κ1) is 28.5. The maximum absolute atomic E-state index is 12.5. The zero-order valence-electron chi connectivity index (χ0n) is 24.4. The predicted molar refractivity (Wildman–Crippen MR) is 163 cm³/mol. The fourth-order valence-corrected chi connectivity index (χ4v) is 6.32. The Morgan fingerprint density at radius 2 is 1.67 bits per heavy atom. The van der Waals surface area contributed by atoms with E-state index in [0.29, 0.717) is 49.5 Å². The Kier molecular flexibility index (Phi) is 8.90. The second-order valence-corrected chi connectivity index (χ2v) is 11.7. The van der Waals surface area contributed by atoms with Crippen molar-refractivity contribution < 1.29 is 14.4 Å². The minimum absolute atomic E-state index is 0.175. The fourth-order valence-electron chi connectivity index (χ4n) is 6.32. The number of carbonyl (C=O) groups is 1. The molecule has 2 saturated carbocycles. The number of rotatable bonds is 9. The zero-order valence-corrected chi connectivity index (χ0v) is 24.4. The van der Waals surface area contributed by atoms with Crippen LogP contribution in [0.15, 0.2) is 30.6 Å². The third kappa shape index (κ3) is 6.87. The summed E-state index contributed by atoms with van der Waals surface area (Å²) in [5.41, 5.74) is 8.49. The van der Waals surface area contributed by atoms with Crippen molar-refractivity contribution in [1.82, 2.24) is 24.6 Å². The monoisotopic (exact) mass is 577 g/mol. The van der Waals surface area contributed by atoms with Crippen LogP contribution in [0.25, 0.3) is 11.2 Å². The van der Waals surface area contributed by atoms with E-state index in [1.54, 1.807) is 17.2 Å². The molecule has 0 spiro atoms. The lowest BCUT2D eigenvalue weighted by Gasteiger charge is -2.31. The average Bonchev–Trinajstić information content (AvgIpc) is 3.67. The molecule has 3 fully saturated rings. The van der Waals surface area contributed by atoms with Crippen LogP contribution in [0.4, 0.5) is 22.2 Å². The number of aromatic nitrogens is 4. The van der Waals surface area contributed by atoms with Crippen LogP contribution in [0, 0.1) is 0 Å². The summed E-state index contributed by atoms with van der Waals surface area (Å²) in [6.07, 6.45) is 11.9. The van der Waals surface area contributed by atoms with Crippen LogP contribution in [-0.2, 0) is 4.84 Å². The summed E-state index contributed by atoms with van der Waals surface area (Å²) in [6, 6.07) is 8.47. The predicted octanol–water partition coefficient (Wildman–Crippen LogP) is 5.06. The number of amides is 1. The van der Waals surface area contributed by atoms with Gasteiger partial charge in [-0.2, -0.15) is 9.97 Å². The van der Waals surface area contributed by atoms with Gasteiger partial charge in [0.2, 0.25) is 5.95 Å². The number of anilines is 3. The van der Waals surface area contributed by atoms with Crippen molar-refractivity contribution in [2.75, 3.05) is 35.6 Å². The summed E-state index contributed by atoms with van der Waals surface area (Å²) >= 11 is 0. The standard InChI is InChI=1S/C30H43N9O3/c1-2-41-25-13-11-22(12-14-25)35-30(40)42-38-17-15-23(16-18-38)33-27-26-28(39(19-32-26)24-5-3-4-6-24)37-29(36-27)34-21-9-7-20(31)8-10-21/h11-14,19-21,23-24H,2-10,15-18,31H2,1H3,(H,35,40)(H2,33,34,36,37)/t20-,21-. The molecular formula is C30H43N9O3. The lowest BCUT2D eigenvalue weighted by molar-refractivity contribution is -0.106. The van der Waals surface area contributed by atoms with Crippen molar-refractivity contribution in [3.8, 4) is 5.75 Å². The summed E-state index contributed by atoms with van der Waals surface area (Å²) in [5.74, 6) is 2.18. The summed E-state index contributed by atoms with van der Waals surface area (Å²) < 4.78 is 7.70. The number of nitrogens with two attached hydrogens (primary N) is 1. The van der Waals surface area contributed by atoms with Gasteiger partial charge >= 0.3 is 6.09 Å². The number of ether oxygens (including phenoxy) is 1. The molecular weight excluding hydrogens is 534 g/mol. The Labute approximate surface area is 246 Å². The van der Waals surface area contributed by atoms with Crippen molar-refractivity contribution in [3.63, 3.8) is 0 Å².